The van der Waals surface area contributed by atoms with E-state index in [4.69, 9.17) is 13.9 Å². The Labute approximate surface area is 119 Å². The average Bonchev–Trinajstić information content (AvgIpc) is 2.85. The molecule has 0 aliphatic carbocycles. The van der Waals surface area contributed by atoms with Crippen molar-refractivity contribution in [3.63, 3.8) is 0 Å². The summed E-state index contributed by atoms with van der Waals surface area (Å²) < 4.78 is 16.6. The minimum atomic E-state index is -0.121. The molecule has 2 rings (SSSR count). The maximum atomic E-state index is 12.3. The fourth-order valence-electron chi connectivity index (χ4n) is 2.30. The van der Waals surface area contributed by atoms with Crippen molar-refractivity contribution in [3.05, 3.63) is 23.7 Å². The van der Waals surface area contributed by atoms with Crippen LogP contribution in [0.15, 0.2) is 16.5 Å². The van der Waals surface area contributed by atoms with Crippen molar-refractivity contribution in [2.24, 2.45) is 0 Å². The Morgan fingerprint density at radius 3 is 2.95 bits per heavy atom. The normalized spacial score (nSPS) is 19.6. The number of nitrogens with zero attached hydrogens (tertiary/aromatic N) is 1. The van der Waals surface area contributed by atoms with Gasteiger partial charge in [0.15, 0.2) is 0 Å². The third-order valence-electron chi connectivity index (χ3n) is 3.31. The summed E-state index contributed by atoms with van der Waals surface area (Å²) in [5, 5.41) is 0. The zero-order chi connectivity index (χ0) is 14.5. The summed E-state index contributed by atoms with van der Waals surface area (Å²) in [5.41, 5.74) is 0. The van der Waals surface area contributed by atoms with Crippen molar-refractivity contribution < 1.29 is 18.7 Å². The maximum absolute atomic E-state index is 12.3. The fourth-order valence-corrected chi connectivity index (χ4v) is 2.30. The lowest BCUT2D eigenvalue weighted by Crippen LogP contribution is -2.43. The minimum absolute atomic E-state index is 0.0907. The van der Waals surface area contributed by atoms with E-state index in [1.807, 2.05) is 37.8 Å². The van der Waals surface area contributed by atoms with Crippen LogP contribution in [0.3, 0.4) is 0 Å². The maximum Gasteiger partial charge on any atom is 0.225 e. The number of morpholine rings is 1. The first-order chi connectivity index (χ1) is 9.58. The summed E-state index contributed by atoms with van der Waals surface area (Å²) in [4.78, 5) is 14.2. The van der Waals surface area contributed by atoms with E-state index in [1.165, 1.54) is 0 Å². The van der Waals surface area contributed by atoms with Crippen molar-refractivity contribution in [2.75, 3.05) is 26.4 Å². The average molecular weight is 281 g/mol. The van der Waals surface area contributed by atoms with Gasteiger partial charge >= 0.3 is 0 Å². The van der Waals surface area contributed by atoms with E-state index < -0.39 is 0 Å². The van der Waals surface area contributed by atoms with E-state index in [-0.39, 0.29) is 18.1 Å². The van der Waals surface area contributed by atoms with Gasteiger partial charge in [0.2, 0.25) is 5.91 Å². The minimum Gasteiger partial charge on any atom is -0.464 e. The van der Waals surface area contributed by atoms with Gasteiger partial charge in [-0.25, -0.2) is 0 Å². The predicted octanol–water partition coefficient (Wildman–Crippen LogP) is 2.30. The smallest absolute Gasteiger partial charge is 0.225 e. The number of aryl methyl sites for hydroxylation is 1. The van der Waals surface area contributed by atoms with E-state index in [2.05, 4.69) is 0 Å². The van der Waals surface area contributed by atoms with Crippen LogP contribution in [-0.4, -0.2) is 43.3 Å². The van der Waals surface area contributed by atoms with Crippen LogP contribution in [-0.2, 0) is 14.3 Å². The Morgan fingerprint density at radius 2 is 2.30 bits per heavy atom. The second-order valence-electron chi connectivity index (χ2n) is 5.30. The molecule has 0 radical (unpaired) electrons. The number of carbonyl (C=O) groups is 1. The molecule has 0 saturated carbocycles. The number of hydrogen-bond donors (Lipinski definition) is 0. The van der Waals surface area contributed by atoms with Crippen LogP contribution in [0.4, 0.5) is 0 Å². The molecular weight excluding hydrogens is 258 g/mol. The molecule has 112 valence electrons. The van der Waals surface area contributed by atoms with E-state index >= 15 is 0 Å². The van der Waals surface area contributed by atoms with Crippen molar-refractivity contribution in [3.8, 4) is 0 Å². The first-order valence-electron chi connectivity index (χ1n) is 7.13. The zero-order valence-electron chi connectivity index (χ0n) is 12.4. The topological polar surface area (TPSA) is 51.9 Å². The molecule has 1 amide bonds. The molecule has 5 heteroatoms. The second-order valence-corrected chi connectivity index (χ2v) is 5.30. The van der Waals surface area contributed by atoms with Crippen molar-refractivity contribution in [1.82, 2.24) is 4.90 Å². The van der Waals surface area contributed by atoms with Crippen LogP contribution < -0.4 is 0 Å². The van der Waals surface area contributed by atoms with Crippen LogP contribution in [0.2, 0.25) is 0 Å². The molecule has 1 aliphatic rings. The molecule has 20 heavy (non-hydrogen) atoms. The SMILES string of the molecule is Cc1ccc([C@H]2COCCN2C(=O)CCOC(C)C)o1. The lowest BCUT2D eigenvalue weighted by atomic mass is 10.1. The molecule has 0 unspecified atom stereocenters. The van der Waals surface area contributed by atoms with Crippen LogP contribution in [0.5, 0.6) is 0 Å². The van der Waals surface area contributed by atoms with Gasteiger partial charge in [0, 0.05) is 6.54 Å². The molecule has 1 atom stereocenters. The number of hydrogen-bond acceptors (Lipinski definition) is 4. The van der Waals surface area contributed by atoms with Crippen molar-refractivity contribution >= 4 is 5.91 Å². The van der Waals surface area contributed by atoms with Gasteiger partial charge in [0.1, 0.15) is 17.6 Å². The molecule has 1 aromatic heterocycles. The molecule has 0 bridgehead atoms. The molecule has 1 fully saturated rings. The van der Waals surface area contributed by atoms with Crippen molar-refractivity contribution in [2.45, 2.75) is 39.3 Å². The largest absolute Gasteiger partial charge is 0.464 e. The second kappa shape index (κ2) is 6.90. The lowest BCUT2D eigenvalue weighted by molar-refractivity contribution is -0.142. The van der Waals surface area contributed by atoms with E-state index in [0.29, 0.717) is 32.8 Å². The Hall–Kier alpha value is -1.33. The summed E-state index contributed by atoms with van der Waals surface area (Å²) in [6.07, 6.45) is 0.546. The van der Waals surface area contributed by atoms with Gasteiger partial charge in [-0.1, -0.05) is 0 Å². The summed E-state index contributed by atoms with van der Waals surface area (Å²) in [7, 11) is 0. The Bertz CT molecular complexity index is 441. The van der Waals surface area contributed by atoms with Gasteiger partial charge in [-0.15, -0.1) is 0 Å². The number of rotatable bonds is 5. The van der Waals surface area contributed by atoms with Crippen LogP contribution >= 0.6 is 0 Å². The fraction of sp³-hybridized carbons (Fsp3) is 0.667. The monoisotopic (exact) mass is 281 g/mol. The zero-order valence-corrected chi connectivity index (χ0v) is 12.4. The molecule has 1 aliphatic heterocycles. The number of ether oxygens (including phenoxy) is 2. The number of carbonyl (C=O) groups excluding carboxylic acids is 1. The standard InChI is InChI=1S/C15H23NO4/c1-11(2)19-8-6-15(17)16-7-9-18-10-13(16)14-5-4-12(3)20-14/h4-5,11,13H,6-10H2,1-3H3/t13-/m1/s1. The van der Waals surface area contributed by atoms with Gasteiger partial charge < -0.3 is 18.8 Å². The van der Waals surface area contributed by atoms with Gasteiger partial charge in [-0.2, -0.15) is 0 Å². The molecule has 0 aromatic carbocycles. The highest BCUT2D eigenvalue weighted by Crippen LogP contribution is 2.26. The first kappa shape index (κ1) is 15.1. The van der Waals surface area contributed by atoms with E-state index in [0.717, 1.165) is 11.5 Å². The molecule has 0 spiro atoms. The van der Waals surface area contributed by atoms with Gasteiger partial charge in [-0.05, 0) is 32.9 Å². The van der Waals surface area contributed by atoms with Gasteiger partial charge in [0.05, 0.1) is 32.3 Å². The Balaban J connectivity index is 1.97. The predicted molar refractivity (Wildman–Crippen MR) is 74.4 cm³/mol. The summed E-state index contributed by atoms with van der Waals surface area (Å²) in [6, 6.07) is 3.71. The highest BCUT2D eigenvalue weighted by molar-refractivity contribution is 5.76. The van der Waals surface area contributed by atoms with Crippen LogP contribution in [0.25, 0.3) is 0 Å². The van der Waals surface area contributed by atoms with Gasteiger partial charge in [0.25, 0.3) is 0 Å². The molecular formula is C15H23NO4. The van der Waals surface area contributed by atoms with E-state index in [1.54, 1.807) is 0 Å². The van der Waals surface area contributed by atoms with Crippen LogP contribution in [0.1, 0.15) is 37.8 Å². The first-order valence-corrected chi connectivity index (χ1v) is 7.13. The third-order valence-corrected chi connectivity index (χ3v) is 3.31. The molecule has 0 N–H and O–H groups in total. The lowest BCUT2D eigenvalue weighted by Gasteiger charge is -2.34. The summed E-state index contributed by atoms with van der Waals surface area (Å²) >= 11 is 0. The highest BCUT2D eigenvalue weighted by Gasteiger charge is 2.30. The molecule has 1 aromatic rings. The number of amides is 1. The Morgan fingerprint density at radius 1 is 1.50 bits per heavy atom. The molecule has 1 saturated heterocycles. The van der Waals surface area contributed by atoms with Gasteiger partial charge in [-0.3, -0.25) is 4.79 Å². The van der Waals surface area contributed by atoms with E-state index in [9.17, 15) is 4.79 Å². The number of furan rings is 1. The summed E-state index contributed by atoms with van der Waals surface area (Å²) in [6.45, 7) is 7.95. The molecule has 2 heterocycles. The summed E-state index contributed by atoms with van der Waals surface area (Å²) in [5.74, 6) is 1.73. The third kappa shape index (κ3) is 3.84. The van der Waals surface area contributed by atoms with Crippen molar-refractivity contribution in [1.29, 1.82) is 0 Å². The quantitative estimate of drug-likeness (QED) is 0.831. The molecule has 5 nitrogen and oxygen atoms in total. The van der Waals surface area contributed by atoms with Crippen LogP contribution in [0, 0.1) is 6.92 Å². The highest BCUT2D eigenvalue weighted by atomic mass is 16.5. The Kier molecular flexibility index (Phi) is 5.20.